The number of benzene rings is 1. The van der Waals surface area contributed by atoms with Gasteiger partial charge in [-0.15, -0.1) is 11.3 Å². The molecule has 0 amide bonds. The van der Waals surface area contributed by atoms with E-state index in [1.807, 2.05) is 17.4 Å². The molecule has 1 fully saturated rings. The Hall–Kier alpha value is -1.56. The van der Waals surface area contributed by atoms with Gasteiger partial charge in [0.15, 0.2) is 11.5 Å². The number of hydrogen-bond acceptors (Lipinski definition) is 5. The zero-order chi connectivity index (χ0) is 16.2. The maximum atomic E-state index is 5.67. The fourth-order valence-electron chi connectivity index (χ4n) is 3.49. The smallest absolute Gasteiger partial charge is 0.161 e. The molecule has 0 radical (unpaired) electrons. The Morgan fingerprint density at radius 3 is 2.71 bits per heavy atom. The maximum Gasteiger partial charge on any atom is 0.161 e. The van der Waals surface area contributed by atoms with Crippen molar-refractivity contribution in [2.45, 2.75) is 25.4 Å². The van der Waals surface area contributed by atoms with Gasteiger partial charge in [0.1, 0.15) is 13.2 Å². The topological polar surface area (TPSA) is 33.7 Å². The minimum atomic E-state index is 0.490. The van der Waals surface area contributed by atoms with Crippen LogP contribution in [0.5, 0.6) is 11.5 Å². The molecule has 1 saturated heterocycles. The van der Waals surface area contributed by atoms with Crippen molar-refractivity contribution in [1.82, 2.24) is 10.2 Å². The number of likely N-dealkylation sites (tertiary alicyclic amines) is 1. The second-order valence-corrected chi connectivity index (χ2v) is 7.36. The van der Waals surface area contributed by atoms with Crippen molar-refractivity contribution in [3.63, 3.8) is 0 Å². The van der Waals surface area contributed by atoms with Crippen LogP contribution in [0.2, 0.25) is 0 Å². The van der Waals surface area contributed by atoms with E-state index in [1.165, 1.54) is 36.4 Å². The molecule has 2 aliphatic heterocycles. The van der Waals surface area contributed by atoms with Crippen LogP contribution in [0.3, 0.4) is 0 Å². The van der Waals surface area contributed by atoms with E-state index in [-0.39, 0.29) is 0 Å². The molecule has 0 spiro atoms. The lowest BCUT2D eigenvalue weighted by Crippen LogP contribution is -2.33. The minimum Gasteiger partial charge on any atom is -0.486 e. The van der Waals surface area contributed by atoms with Crippen molar-refractivity contribution in [2.75, 3.05) is 32.8 Å². The Bertz CT molecular complexity index is 653. The molecule has 5 heteroatoms. The zero-order valence-corrected chi connectivity index (χ0v) is 14.7. The number of hydrogen-bond donors (Lipinski definition) is 1. The van der Waals surface area contributed by atoms with Gasteiger partial charge in [-0.1, -0.05) is 12.1 Å². The van der Waals surface area contributed by atoms with Crippen LogP contribution in [0.15, 0.2) is 35.7 Å². The van der Waals surface area contributed by atoms with Crippen molar-refractivity contribution in [1.29, 1.82) is 0 Å². The molecule has 24 heavy (non-hydrogen) atoms. The number of fused-ring (bicyclic) bond motifs is 1. The quantitative estimate of drug-likeness (QED) is 0.870. The fourth-order valence-corrected chi connectivity index (χ4v) is 4.36. The summed E-state index contributed by atoms with van der Waals surface area (Å²) in [5.41, 5.74) is 1.24. The standard InChI is InChI=1S/C19H24N2O2S/c1-2-8-21(7-1)16(19-4-3-11-24-19)14-20-13-15-5-6-17-18(12-15)23-10-9-22-17/h3-6,11-12,16,20H,1-2,7-10,13-14H2/t16-/m0/s1. The van der Waals surface area contributed by atoms with Crippen LogP contribution in [-0.4, -0.2) is 37.7 Å². The summed E-state index contributed by atoms with van der Waals surface area (Å²) in [5.74, 6) is 1.73. The molecule has 1 aromatic carbocycles. The summed E-state index contributed by atoms with van der Waals surface area (Å²) >= 11 is 1.86. The van der Waals surface area contributed by atoms with Gasteiger partial charge in [0.05, 0.1) is 6.04 Å². The molecule has 0 saturated carbocycles. The normalized spacial score (nSPS) is 18.7. The first-order valence-electron chi connectivity index (χ1n) is 8.77. The van der Waals surface area contributed by atoms with Crippen LogP contribution >= 0.6 is 11.3 Å². The first kappa shape index (κ1) is 15.9. The fraction of sp³-hybridized carbons (Fsp3) is 0.474. The van der Waals surface area contributed by atoms with Crippen LogP contribution in [0.1, 0.15) is 29.3 Å². The highest BCUT2D eigenvalue weighted by molar-refractivity contribution is 7.10. The van der Waals surface area contributed by atoms with Crippen molar-refractivity contribution in [3.8, 4) is 11.5 Å². The Kier molecular flexibility index (Phi) is 5.02. The number of rotatable bonds is 6. The summed E-state index contributed by atoms with van der Waals surface area (Å²) in [4.78, 5) is 4.08. The average molecular weight is 344 g/mol. The van der Waals surface area contributed by atoms with Gasteiger partial charge in [-0.2, -0.15) is 0 Å². The monoisotopic (exact) mass is 344 g/mol. The van der Waals surface area contributed by atoms with Crippen LogP contribution < -0.4 is 14.8 Å². The number of thiophene rings is 1. The van der Waals surface area contributed by atoms with Crippen molar-refractivity contribution in [2.24, 2.45) is 0 Å². The minimum absolute atomic E-state index is 0.490. The summed E-state index contributed by atoms with van der Waals surface area (Å²) in [6.07, 6.45) is 2.65. The van der Waals surface area contributed by atoms with Crippen molar-refractivity contribution >= 4 is 11.3 Å². The van der Waals surface area contributed by atoms with Gasteiger partial charge in [0, 0.05) is 18.0 Å². The van der Waals surface area contributed by atoms with Gasteiger partial charge in [-0.05, 0) is 55.1 Å². The van der Waals surface area contributed by atoms with E-state index in [9.17, 15) is 0 Å². The molecule has 1 atom stereocenters. The molecule has 128 valence electrons. The molecular weight excluding hydrogens is 320 g/mol. The van der Waals surface area contributed by atoms with Crippen LogP contribution in [0.4, 0.5) is 0 Å². The summed E-state index contributed by atoms with van der Waals surface area (Å²) < 4.78 is 11.3. The lowest BCUT2D eigenvalue weighted by molar-refractivity contribution is 0.171. The third-order valence-electron chi connectivity index (χ3n) is 4.73. The van der Waals surface area contributed by atoms with E-state index in [0.29, 0.717) is 19.3 Å². The molecular formula is C19H24N2O2S. The molecule has 1 aromatic heterocycles. The first-order chi connectivity index (χ1) is 11.9. The van der Waals surface area contributed by atoms with E-state index in [4.69, 9.17) is 9.47 Å². The van der Waals surface area contributed by atoms with E-state index in [0.717, 1.165) is 24.6 Å². The second-order valence-electron chi connectivity index (χ2n) is 6.38. The lowest BCUT2D eigenvalue weighted by atomic mass is 10.1. The Labute approximate surface area is 147 Å². The van der Waals surface area contributed by atoms with E-state index in [1.54, 1.807) is 0 Å². The zero-order valence-electron chi connectivity index (χ0n) is 13.9. The molecule has 0 aliphatic carbocycles. The Balaban J connectivity index is 1.38. The molecule has 0 unspecified atom stereocenters. The second kappa shape index (κ2) is 7.55. The van der Waals surface area contributed by atoms with Crippen LogP contribution in [0, 0.1) is 0 Å². The van der Waals surface area contributed by atoms with Gasteiger partial charge in [-0.25, -0.2) is 0 Å². The lowest BCUT2D eigenvalue weighted by Gasteiger charge is -2.27. The highest BCUT2D eigenvalue weighted by Gasteiger charge is 2.23. The summed E-state index contributed by atoms with van der Waals surface area (Å²) in [7, 11) is 0. The molecule has 2 aromatic rings. The number of nitrogens with one attached hydrogen (secondary N) is 1. The Morgan fingerprint density at radius 1 is 1.08 bits per heavy atom. The summed E-state index contributed by atoms with van der Waals surface area (Å²) in [6.45, 7) is 5.55. The number of nitrogens with zero attached hydrogens (tertiary/aromatic N) is 1. The van der Waals surface area contributed by atoms with Crippen molar-refractivity contribution < 1.29 is 9.47 Å². The van der Waals surface area contributed by atoms with Gasteiger partial charge < -0.3 is 14.8 Å². The van der Waals surface area contributed by atoms with Crippen LogP contribution in [0.25, 0.3) is 0 Å². The average Bonchev–Trinajstić information content (AvgIpc) is 3.32. The van der Waals surface area contributed by atoms with Crippen LogP contribution in [-0.2, 0) is 6.54 Å². The van der Waals surface area contributed by atoms with E-state index in [2.05, 4.69) is 39.9 Å². The molecule has 2 aliphatic rings. The van der Waals surface area contributed by atoms with Gasteiger partial charge in [0.2, 0.25) is 0 Å². The highest BCUT2D eigenvalue weighted by atomic mass is 32.1. The summed E-state index contributed by atoms with van der Waals surface area (Å²) in [5, 5.41) is 5.82. The van der Waals surface area contributed by atoms with E-state index >= 15 is 0 Å². The third-order valence-corrected chi connectivity index (χ3v) is 5.70. The van der Waals surface area contributed by atoms with Gasteiger partial charge in [-0.3, -0.25) is 4.90 Å². The molecule has 4 nitrogen and oxygen atoms in total. The Morgan fingerprint density at radius 2 is 1.92 bits per heavy atom. The van der Waals surface area contributed by atoms with Gasteiger partial charge >= 0.3 is 0 Å². The SMILES string of the molecule is c1csc([C@H](CNCc2ccc3c(c2)OCCO3)N2CCCC2)c1. The summed E-state index contributed by atoms with van der Waals surface area (Å²) in [6, 6.07) is 11.1. The largest absolute Gasteiger partial charge is 0.486 e. The van der Waals surface area contributed by atoms with Gasteiger partial charge in [0.25, 0.3) is 0 Å². The molecule has 3 heterocycles. The maximum absolute atomic E-state index is 5.67. The van der Waals surface area contributed by atoms with Crippen molar-refractivity contribution in [3.05, 3.63) is 46.2 Å². The third kappa shape index (κ3) is 3.58. The molecule has 4 rings (SSSR count). The predicted molar refractivity (Wildman–Crippen MR) is 97.0 cm³/mol. The first-order valence-corrected chi connectivity index (χ1v) is 9.65. The highest BCUT2D eigenvalue weighted by Crippen LogP contribution is 2.31. The van der Waals surface area contributed by atoms with E-state index < -0.39 is 0 Å². The molecule has 0 bridgehead atoms. The molecule has 1 N–H and O–H groups in total. The predicted octanol–water partition coefficient (Wildman–Crippen LogP) is 3.45. The number of ether oxygens (including phenoxy) is 2.